The van der Waals surface area contributed by atoms with Crippen molar-refractivity contribution in [1.29, 1.82) is 0 Å². The van der Waals surface area contributed by atoms with Gasteiger partial charge in [0.2, 0.25) is 0 Å². The second kappa shape index (κ2) is 15.0. The van der Waals surface area contributed by atoms with Gasteiger partial charge < -0.3 is 10.6 Å². The maximum absolute atomic E-state index is 13.7. The monoisotopic (exact) mass is 665 g/mol. The van der Waals surface area contributed by atoms with E-state index in [-0.39, 0.29) is 28.9 Å². The van der Waals surface area contributed by atoms with Crippen LogP contribution in [0.4, 0.5) is 11.4 Å². The molecule has 8 nitrogen and oxygen atoms in total. The molecule has 0 radical (unpaired) electrons. The first-order valence-corrected chi connectivity index (χ1v) is 16.3. The molecule has 0 aliphatic heterocycles. The first kappa shape index (κ1) is 32.5. The number of Topliss-reactive ketones (excluding diaryl/α,β-unsaturated/α-hetero) is 1. The summed E-state index contributed by atoms with van der Waals surface area (Å²) < 4.78 is 0. The minimum Gasteiger partial charge on any atom is -0.322 e. The fraction of sp³-hybridized carbons (Fsp3) is 0.0233. The van der Waals surface area contributed by atoms with Crippen LogP contribution in [0.15, 0.2) is 164 Å². The topological polar surface area (TPSA) is 114 Å². The molecule has 0 unspecified atom stereocenters. The predicted octanol–water partition coefficient (Wildman–Crippen LogP) is 8.80. The number of carbonyl (C=O) groups excluding carboxylic acids is 3. The minimum absolute atomic E-state index is 0.0819. The largest absolute Gasteiger partial charge is 0.322 e. The van der Waals surface area contributed by atoms with Crippen LogP contribution in [0.3, 0.4) is 0 Å². The zero-order chi connectivity index (χ0) is 35.0. The normalized spacial score (nSPS) is 10.7. The average Bonchev–Trinajstić information content (AvgIpc) is 3.19. The molecule has 0 aliphatic rings. The van der Waals surface area contributed by atoms with Crippen molar-refractivity contribution >= 4 is 29.0 Å². The van der Waals surface area contributed by atoms with E-state index in [0.717, 1.165) is 39.3 Å². The molecular weight excluding hydrogens is 635 g/mol. The Morgan fingerprint density at radius 1 is 0.431 bits per heavy atom. The lowest BCUT2D eigenvalue weighted by Gasteiger charge is -2.12. The van der Waals surface area contributed by atoms with Crippen LogP contribution in [-0.4, -0.2) is 32.5 Å². The van der Waals surface area contributed by atoms with Gasteiger partial charge in [0.05, 0.1) is 17.1 Å². The van der Waals surface area contributed by atoms with Crippen LogP contribution in [-0.2, 0) is 6.42 Å². The SMILES string of the molecule is O=C(Cc1ccc(-c2ccccn2)cc1)c1cc(C(=O)Nc2ccc(-c3ccccn3)cc2)cc(C(=O)Nc2ccc(-c3ccccn3)cc2)c1. The zero-order valence-corrected chi connectivity index (χ0v) is 27.4. The quantitative estimate of drug-likeness (QED) is 0.141. The van der Waals surface area contributed by atoms with Gasteiger partial charge in [0.1, 0.15) is 0 Å². The van der Waals surface area contributed by atoms with Crippen LogP contribution < -0.4 is 10.6 Å². The van der Waals surface area contributed by atoms with Gasteiger partial charge in [0, 0.05) is 69.8 Å². The Balaban J connectivity index is 1.13. The number of carbonyl (C=O) groups is 3. The standard InChI is InChI=1S/C43H31N5O3/c49-41(25-29-10-12-30(13-11-29)38-7-1-4-22-44-38)33-26-34(42(50)47-36-18-14-31(15-19-36)39-8-2-5-23-45-39)28-35(27-33)43(51)48-37-20-16-32(17-21-37)40-9-3-6-24-46-40/h1-24,26-28H,25H2,(H,47,50)(H,48,51). The molecule has 2 amide bonds. The second-order valence-electron chi connectivity index (χ2n) is 11.8. The highest BCUT2D eigenvalue weighted by atomic mass is 16.2. The molecule has 0 atom stereocenters. The number of hydrogen-bond donors (Lipinski definition) is 2. The number of nitrogens with one attached hydrogen (secondary N) is 2. The molecular formula is C43H31N5O3. The van der Waals surface area contributed by atoms with Crippen molar-refractivity contribution in [2.75, 3.05) is 10.6 Å². The predicted molar refractivity (Wildman–Crippen MR) is 199 cm³/mol. The lowest BCUT2D eigenvalue weighted by atomic mass is 9.97. The number of amides is 2. The van der Waals surface area contributed by atoms with E-state index < -0.39 is 11.8 Å². The molecule has 8 heteroatoms. The molecule has 7 rings (SSSR count). The molecule has 3 heterocycles. The van der Waals surface area contributed by atoms with Crippen molar-refractivity contribution in [2.45, 2.75) is 6.42 Å². The Morgan fingerprint density at radius 2 is 0.804 bits per heavy atom. The van der Waals surface area contributed by atoms with E-state index in [1.54, 1.807) is 42.9 Å². The van der Waals surface area contributed by atoms with Gasteiger partial charge in [-0.05, 0) is 84.4 Å². The zero-order valence-electron chi connectivity index (χ0n) is 27.4. The summed E-state index contributed by atoms with van der Waals surface area (Å²) >= 11 is 0. The highest BCUT2D eigenvalue weighted by Crippen LogP contribution is 2.23. The number of hydrogen-bond acceptors (Lipinski definition) is 6. The van der Waals surface area contributed by atoms with Crippen LogP contribution in [0.5, 0.6) is 0 Å². The summed E-state index contributed by atoms with van der Waals surface area (Å²) in [6.45, 7) is 0. The van der Waals surface area contributed by atoms with Crippen molar-refractivity contribution in [3.8, 4) is 33.8 Å². The van der Waals surface area contributed by atoms with Crippen molar-refractivity contribution in [2.24, 2.45) is 0 Å². The summed E-state index contributed by atoms with van der Waals surface area (Å²) in [6.07, 6.45) is 5.26. The number of ketones is 1. The number of anilines is 2. The summed E-state index contributed by atoms with van der Waals surface area (Å²) in [6, 6.07) is 43.8. The smallest absolute Gasteiger partial charge is 0.255 e. The molecule has 4 aromatic carbocycles. The van der Waals surface area contributed by atoms with Crippen molar-refractivity contribution in [3.05, 3.63) is 186 Å². The molecule has 0 spiro atoms. The molecule has 0 saturated carbocycles. The molecule has 246 valence electrons. The summed E-state index contributed by atoms with van der Waals surface area (Å²) in [5, 5.41) is 5.80. The van der Waals surface area contributed by atoms with Crippen LogP contribution in [0.25, 0.3) is 33.8 Å². The maximum atomic E-state index is 13.7. The lowest BCUT2D eigenvalue weighted by Crippen LogP contribution is -2.18. The minimum atomic E-state index is -0.455. The van der Waals surface area contributed by atoms with E-state index in [1.165, 1.54) is 18.2 Å². The summed E-state index contributed by atoms with van der Waals surface area (Å²) in [5.74, 6) is -1.14. The van der Waals surface area contributed by atoms with E-state index in [4.69, 9.17) is 0 Å². The number of nitrogens with zero attached hydrogens (tertiary/aromatic N) is 3. The van der Waals surface area contributed by atoms with Crippen LogP contribution >= 0.6 is 0 Å². The number of benzene rings is 4. The van der Waals surface area contributed by atoms with E-state index in [0.29, 0.717) is 11.4 Å². The number of pyridine rings is 3. The van der Waals surface area contributed by atoms with Crippen molar-refractivity contribution < 1.29 is 14.4 Å². The van der Waals surface area contributed by atoms with Crippen LogP contribution in [0.2, 0.25) is 0 Å². The van der Waals surface area contributed by atoms with E-state index in [2.05, 4.69) is 25.6 Å². The highest BCUT2D eigenvalue weighted by Gasteiger charge is 2.18. The Morgan fingerprint density at radius 3 is 1.18 bits per heavy atom. The highest BCUT2D eigenvalue weighted by molar-refractivity contribution is 6.11. The molecule has 7 aromatic rings. The number of aromatic nitrogens is 3. The second-order valence-corrected chi connectivity index (χ2v) is 11.8. The Bertz CT molecular complexity index is 2020. The fourth-order valence-electron chi connectivity index (χ4n) is 5.59. The van der Waals surface area contributed by atoms with Crippen LogP contribution in [0, 0.1) is 0 Å². The lowest BCUT2D eigenvalue weighted by molar-refractivity contribution is 0.0993. The van der Waals surface area contributed by atoms with Gasteiger partial charge in [-0.25, -0.2) is 0 Å². The van der Waals surface area contributed by atoms with Gasteiger partial charge >= 0.3 is 0 Å². The first-order valence-electron chi connectivity index (χ1n) is 16.3. The van der Waals surface area contributed by atoms with Gasteiger partial charge in [-0.1, -0.05) is 66.7 Å². The number of rotatable bonds is 10. The third-order valence-electron chi connectivity index (χ3n) is 8.27. The Kier molecular flexibility index (Phi) is 9.56. The first-order chi connectivity index (χ1) is 25.0. The molecule has 0 saturated heterocycles. The molecule has 51 heavy (non-hydrogen) atoms. The molecule has 0 aliphatic carbocycles. The summed E-state index contributed by atoms with van der Waals surface area (Å²) in [5.41, 5.74) is 7.72. The van der Waals surface area contributed by atoms with Gasteiger partial charge in [-0.3, -0.25) is 29.3 Å². The average molecular weight is 666 g/mol. The maximum Gasteiger partial charge on any atom is 0.255 e. The van der Waals surface area contributed by atoms with E-state index in [1.807, 2.05) is 103 Å². The van der Waals surface area contributed by atoms with Crippen LogP contribution in [0.1, 0.15) is 36.6 Å². The summed E-state index contributed by atoms with van der Waals surface area (Å²) in [7, 11) is 0. The van der Waals surface area contributed by atoms with Gasteiger partial charge in [-0.2, -0.15) is 0 Å². The molecule has 3 aromatic heterocycles. The van der Waals surface area contributed by atoms with Gasteiger partial charge in [0.15, 0.2) is 5.78 Å². The van der Waals surface area contributed by atoms with Gasteiger partial charge in [0.25, 0.3) is 11.8 Å². The molecule has 2 N–H and O–H groups in total. The Labute approximate surface area is 294 Å². The van der Waals surface area contributed by atoms with Crippen molar-refractivity contribution in [1.82, 2.24) is 15.0 Å². The molecule has 0 bridgehead atoms. The van der Waals surface area contributed by atoms with Crippen molar-refractivity contribution in [3.63, 3.8) is 0 Å². The summed E-state index contributed by atoms with van der Waals surface area (Å²) in [4.78, 5) is 54.0. The third-order valence-corrected chi connectivity index (χ3v) is 8.27. The third kappa shape index (κ3) is 7.98. The van der Waals surface area contributed by atoms with Gasteiger partial charge in [-0.15, -0.1) is 0 Å². The van der Waals surface area contributed by atoms with E-state index in [9.17, 15) is 14.4 Å². The molecule has 0 fully saturated rings. The Hall–Kier alpha value is -7.06. The fourth-order valence-corrected chi connectivity index (χ4v) is 5.59. The van der Waals surface area contributed by atoms with E-state index >= 15 is 0 Å².